The molecular formula is C19H12BrN5O3. The Hall–Kier alpha value is -3.64. The molecule has 28 heavy (non-hydrogen) atoms. The summed E-state index contributed by atoms with van der Waals surface area (Å²) in [6.07, 6.45) is 0. The average Bonchev–Trinajstić information content (AvgIpc) is 3.10. The van der Waals surface area contributed by atoms with E-state index in [0.29, 0.717) is 16.8 Å². The zero-order chi connectivity index (χ0) is 19.8. The van der Waals surface area contributed by atoms with Gasteiger partial charge in [0, 0.05) is 22.2 Å². The smallest absolute Gasteiger partial charge is 0.269 e. The fourth-order valence-corrected chi connectivity index (χ4v) is 3.47. The molecule has 0 saturated carbocycles. The Morgan fingerprint density at radius 3 is 2.50 bits per heavy atom. The molecule has 0 saturated heterocycles. The highest BCUT2D eigenvalue weighted by molar-refractivity contribution is 9.10. The molecule has 0 aliphatic carbocycles. The summed E-state index contributed by atoms with van der Waals surface area (Å²) in [5, 5.41) is 27.8. The molecule has 0 radical (unpaired) electrons. The Morgan fingerprint density at radius 1 is 1.21 bits per heavy atom. The van der Waals surface area contributed by atoms with Crippen molar-refractivity contribution in [3.63, 3.8) is 0 Å². The number of aromatic nitrogens is 2. The lowest BCUT2D eigenvalue weighted by Crippen LogP contribution is -2.21. The Labute approximate surface area is 167 Å². The lowest BCUT2D eigenvalue weighted by Gasteiger charge is -2.24. The van der Waals surface area contributed by atoms with Crippen LogP contribution in [0, 0.1) is 21.4 Å². The van der Waals surface area contributed by atoms with E-state index in [9.17, 15) is 15.4 Å². The average molecular weight is 438 g/mol. The maximum Gasteiger partial charge on any atom is 0.269 e. The third-order valence-corrected chi connectivity index (χ3v) is 5.04. The number of nitro groups is 1. The number of halogens is 1. The number of non-ortho nitro benzene ring substituents is 1. The van der Waals surface area contributed by atoms with Crippen LogP contribution in [-0.4, -0.2) is 15.1 Å². The van der Waals surface area contributed by atoms with Gasteiger partial charge in [0.25, 0.3) is 5.69 Å². The van der Waals surface area contributed by atoms with Crippen LogP contribution in [0.15, 0.2) is 64.5 Å². The number of rotatable bonds is 3. The van der Waals surface area contributed by atoms with Crippen LogP contribution in [0.4, 0.5) is 5.69 Å². The van der Waals surface area contributed by atoms with Crippen LogP contribution >= 0.6 is 15.9 Å². The molecule has 3 N–H and O–H groups in total. The number of H-pyrrole nitrogens is 1. The number of benzene rings is 2. The fourth-order valence-electron chi connectivity index (χ4n) is 3.20. The molecule has 3 aromatic rings. The lowest BCUT2D eigenvalue weighted by atomic mass is 9.83. The van der Waals surface area contributed by atoms with Crippen molar-refractivity contribution in [1.29, 1.82) is 5.26 Å². The normalized spacial score (nSPS) is 15.5. The molecule has 0 amide bonds. The molecule has 0 unspecified atom stereocenters. The van der Waals surface area contributed by atoms with Crippen LogP contribution < -0.4 is 10.5 Å². The van der Waals surface area contributed by atoms with Crippen molar-refractivity contribution in [3.05, 3.63) is 85.7 Å². The van der Waals surface area contributed by atoms with Gasteiger partial charge in [-0.2, -0.15) is 5.26 Å². The summed E-state index contributed by atoms with van der Waals surface area (Å²) < 4.78 is 6.48. The van der Waals surface area contributed by atoms with Gasteiger partial charge in [-0.05, 0) is 17.7 Å². The van der Waals surface area contributed by atoms with E-state index in [1.807, 2.05) is 24.3 Å². The van der Waals surface area contributed by atoms with Gasteiger partial charge >= 0.3 is 0 Å². The van der Waals surface area contributed by atoms with Gasteiger partial charge in [-0.25, -0.2) is 0 Å². The third kappa shape index (κ3) is 2.90. The number of fused-ring (bicyclic) bond motifs is 1. The van der Waals surface area contributed by atoms with E-state index in [2.05, 4.69) is 32.2 Å². The predicted octanol–water partition coefficient (Wildman–Crippen LogP) is 3.97. The zero-order valence-corrected chi connectivity index (χ0v) is 15.8. The minimum absolute atomic E-state index is 0.0350. The van der Waals surface area contributed by atoms with Crippen molar-refractivity contribution >= 4 is 21.6 Å². The van der Waals surface area contributed by atoms with E-state index >= 15 is 0 Å². The Balaban J connectivity index is 1.90. The second kappa shape index (κ2) is 6.83. The molecule has 9 heteroatoms. The second-order valence-electron chi connectivity index (χ2n) is 6.10. The van der Waals surface area contributed by atoms with Crippen LogP contribution in [0.1, 0.15) is 17.0 Å². The quantitative estimate of drug-likeness (QED) is 0.470. The summed E-state index contributed by atoms with van der Waals surface area (Å²) >= 11 is 3.41. The van der Waals surface area contributed by atoms with E-state index in [1.54, 1.807) is 12.1 Å². The molecule has 1 atom stereocenters. The molecule has 2 aromatic carbocycles. The summed E-state index contributed by atoms with van der Waals surface area (Å²) in [6, 6.07) is 15.7. The highest BCUT2D eigenvalue weighted by Crippen LogP contribution is 2.45. The third-order valence-electron chi connectivity index (χ3n) is 4.51. The number of hydrogen-bond acceptors (Lipinski definition) is 6. The minimum Gasteiger partial charge on any atom is -0.420 e. The van der Waals surface area contributed by atoms with E-state index < -0.39 is 10.8 Å². The van der Waals surface area contributed by atoms with Crippen molar-refractivity contribution in [2.75, 3.05) is 0 Å². The van der Waals surface area contributed by atoms with Crippen LogP contribution in [0.5, 0.6) is 5.88 Å². The van der Waals surface area contributed by atoms with Gasteiger partial charge < -0.3 is 10.5 Å². The number of nitrogens with two attached hydrogens (primary N) is 1. The molecule has 0 spiro atoms. The maximum atomic E-state index is 11.0. The first kappa shape index (κ1) is 17.8. The molecule has 1 aromatic heterocycles. The SMILES string of the molecule is N#CC1=C(N)Oc2n[nH]c(-c3ccc(Br)cc3)c2[C@H]1c1ccc([N+](=O)[O-])cc1. The van der Waals surface area contributed by atoms with Crippen LogP contribution in [0.2, 0.25) is 0 Å². The van der Waals surface area contributed by atoms with Crippen molar-refractivity contribution in [2.24, 2.45) is 5.73 Å². The maximum absolute atomic E-state index is 11.0. The summed E-state index contributed by atoms with van der Waals surface area (Å²) in [7, 11) is 0. The van der Waals surface area contributed by atoms with Crippen molar-refractivity contribution in [2.45, 2.75) is 5.92 Å². The molecular weight excluding hydrogens is 426 g/mol. The summed E-state index contributed by atoms with van der Waals surface area (Å²) in [4.78, 5) is 10.5. The van der Waals surface area contributed by atoms with Gasteiger partial charge in [0.1, 0.15) is 11.6 Å². The molecule has 1 aliphatic heterocycles. The molecule has 1 aliphatic rings. The van der Waals surface area contributed by atoms with E-state index in [1.165, 1.54) is 12.1 Å². The second-order valence-corrected chi connectivity index (χ2v) is 7.01. The van der Waals surface area contributed by atoms with E-state index in [-0.39, 0.29) is 23.0 Å². The number of aromatic amines is 1. The summed E-state index contributed by atoms with van der Waals surface area (Å²) in [5.41, 5.74) is 9.00. The van der Waals surface area contributed by atoms with Gasteiger partial charge in [-0.3, -0.25) is 15.2 Å². The highest BCUT2D eigenvalue weighted by Gasteiger charge is 2.35. The molecule has 0 bridgehead atoms. The monoisotopic (exact) mass is 437 g/mol. The van der Waals surface area contributed by atoms with Gasteiger partial charge in [0.15, 0.2) is 0 Å². The highest BCUT2D eigenvalue weighted by atomic mass is 79.9. The van der Waals surface area contributed by atoms with Crippen LogP contribution in [0.3, 0.4) is 0 Å². The van der Waals surface area contributed by atoms with Crippen LogP contribution in [0.25, 0.3) is 11.3 Å². The number of hydrogen-bond donors (Lipinski definition) is 2. The van der Waals surface area contributed by atoms with Gasteiger partial charge in [-0.15, -0.1) is 5.10 Å². The van der Waals surface area contributed by atoms with Gasteiger partial charge in [-0.1, -0.05) is 40.2 Å². The van der Waals surface area contributed by atoms with Crippen molar-refractivity contribution in [3.8, 4) is 23.2 Å². The van der Waals surface area contributed by atoms with E-state index in [4.69, 9.17) is 10.5 Å². The first-order valence-corrected chi connectivity index (χ1v) is 8.95. The van der Waals surface area contributed by atoms with Gasteiger partial charge in [0.05, 0.1) is 22.1 Å². The standard InChI is InChI=1S/C19H12BrN5O3/c20-12-5-1-11(2-6-12)17-16-15(10-3-7-13(8-4-10)25(26)27)14(9-21)18(22)28-19(16)24-23-17/h1-8,15H,22H2,(H,23,24)/t15-/m0/s1. The molecule has 8 nitrogen and oxygen atoms in total. The number of nitriles is 1. The van der Waals surface area contributed by atoms with E-state index in [0.717, 1.165) is 10.0 Å². The number of ether oxygens (including phenoxy) is 1. The number of nitrogens with zero attached hydrogens (tertiary/aromatic N) is 3. The lowest BCUT2D eigenvalue weighted by molar-refractivity contribution is -0.384. The first-order chi connectivity index (χ1) is 13.5. The molecule has 2 heterocycles. The number of allylic oxidation sites excluding steroid dienone is 1. The molecule has 0 fully saturated rings. The van der Waals surface area contributed by atoms with Gasteiger partial charge in [0.2, 0.25) is 11.8 Å². The first-order valence-electron chi connectivity index (χ1n) is 8.15. The Kier molecular flexibility index (Phi) is 4.33. The minimum atomic E-state index is -0.563. The number of nitro benzene ring substituents is 1. The summed E-state index contributed by atoms with van der Waals surface area (Å²) in [5.74, 6) is -0.322. The zero-order valence-electron chi connectivity index (χ0n) is 14.2. The number of nitrogens with one attached hydrogen (secondary N) is 1. The van der Waals surface area contributed by atoms with Crippen LogP contribution in [-0.2, 0) is 0 Å². The largest absolute Gasteiger partial charge is 0.420 e. The molecule has 4 rings (SSSR count). The van der Waals surface area contributed by atoms with Crippen molar-refractivity contribution < 1.29 is 9.66 Å². The Morgan fingerprint density at radius 2 is 1.89 bits per heavy atom. The topological polar surface area (TPSA) is 131 Å². The predicted molar refractivity (Wildman–Crippen MR) is 104 cm³/mol. The van der Waals surface area contributed by atoms with Crippen molar-refractivity contribution in [1.82, 2.24) is 10.2 Å². The Bertz CT molecular complexity index is 1140. The molecule has 138 valence electrons. The fraction of sp³-hybridized carbons (Fsp3) is 0.0526. The summed E-state index contributed by atoms with van der Waals surface area (Å²) in [6.45, 7) is 0.